The second-order valence-corrected chi connectivity index (χ2v) is 25.9. The van der Waals surface area contributed by atoms with Gasteiger partial charge in [-0.25, -0.2) is 4.79 Å². The molecule has 0 unspecified atom stereocenters. The first kappa shape index (κ1) is 58.7. The maximum absolute atomic E-state index is 14.8. The monoisotopic (exact) mass is 1130 g/mol. The van der Waals surface area contributed by atoms with E-state index in [9.17, 15) is 29.1 Å². The summed E-state index contributed by atoms with van der Waals surface area (Å²) in [5.41, 5.74) is 7.34. The summed E-state index contributed by atoms with van der Waals surface area (Å²) in [5.74, 6) is 0.0450. The van der Waals surface area contributed by atoms with Gasteiger partial charge in [-0.05, 0) is 144 Å². The van der Waals surface area contributed by atoms with E-state index in [2.05, 4.69) is 54.5 Å². The van der Waals surface area contributed by atoms with Gasteiger partial charge >= 0.3 is 6.09 Å². The molecule has 0 aliphatic carbocycles. The number of aliphatic hydroxyl groups is 1. The first-order chi connectivity index (χ1) is 38.2. The molecule has 0 saturated carbocycles. The summed E-state index contributed by atoms with van der Waals surface area (Å²) >= 11 is 12.9. The fourth-order valence-electron chi connectivity index (χ4n) is 13.0. The Kier molecular flexibility index (Phi) is 16.2. The molecule has 0 radical (unpaired) electrons. The number of halogens is 2. The molecule has 2 fully saturated rings. The Morgan fingerprint density at radius 2 is 1.07 bits per heavy atom. The molecule has 81 heavy (non-hydrogen) atoms. The van der Waals surface area contributed by atoms with Crippen LogP contribution in [0, 0.1) is 17.3 Å². The van der Waals surface area contributed by atoms with E-state index in [4.69, 9.17) is 27.9 Å². The SMILES string of the molecule is CC(C)[C@@H]1N(C(=O)CC(C)(C)C)CC[C@@]12C(=O)N(c1cccc(-c3ccc(C(=O)N(C)C)c(Cl)c3)c1)c1ccccc12.CC(C)[C@@H]1N(C(=O)OC(C)(C)C)CC[C@@]12C(=O)N(c1cccc(-c3ccc(CO)c(Cl)c3)c1)c1ccccc12. The van der Waals surface area contributed by atoms with Gasteiger partial charge in [0.1, 0.15) is 5.60 Å². The maximum atomic E-state index is 14.8. The Bertz CT molecular complexity index is 3440. The standard InChI is InChI=1S/C35H40ClN3O3.C32H35ClN2O4/c1-22(2)31-35(17-18-38(31)30(40)21-34(3,4)5)27-13-8-9-14-29(27)39(33(35)42)25-12-10-11-23(19-25)24-15-16-26(28(36)20-24)32(41)37(6)7;1-20(2)28-32(15-16-34(28)30(38)39-31(3,4)5)25-11-6-7-12-27(25)35(29(32)37)24-10-8-9-21(17-24)22-13-14-23(19-36)26(33)18-22/h8-16,19-20,22,31H,17-18,21H2,1-7H3;6-14,17-18,20,28,36H,15-16,19H2,1-5H3/t31-,35-;28-,32-/m00/s1. The Morgan fingerprint density at radius 1 is 0.617 bits per heavy atom. The molecule has 10 rings (SSSR count). The van der Waals surface area contributed by atoms with Crippen molar-refractivity contribution in [2.45, 2.75) is 124 Å². The zero-order valence-corrected chi connectivity index (χ0v) is 50.2. The number of aliphatic hydroxyl groups excluding tert-OH is 1. The summed E-state index contributed by atoms with van der Waals surface area (Å²) in [6.45, 7) is 21.0. The van der Waals surface area contributed by atoms with Gasteiger partial charge in [-0.1, -0.05) is 151 Å². The van der Waals surface area contributed by atoms with Crippen molar-refractivity contribution in [3.8, 4) is 22.3 Å². The number of rotatable bonds is 9. The topological polar surface area (TPSA) is 131 Å². The van der Waals surface area contributed by atoms with E-state index in [1.54, 1.807) is 36.0 Å². The Hall–Kier alpha value is -6.99. The number of anilines is 4. The number of para-hydroxylation sites is 2. The van der Waals surface area contributed by atoms with Crippen LogP contribution in [0.1, 0.15) is 116 Å². The van der Waals surface area contributed by atoms with Gasteiger partial charge in [0.05, 0.1) is 51.5 Å². The lowest BCUT2D eigenvalue weighted by Crippen LogP contribution is -2.53. The predicted octanol–water partition coefficient (Wildman–Crippen LogP) is 14.4. The van der Waals surface area contributed by atoms with E-state index >= 15 is 0 Å². The third kappa shape index (κ3) is 10.8. The molecule has 6 aromatic rings. The van der Waals surface area contributed by atoms with Crippen molar-refractivity contribution in [2.24, 2.45) is 17.3 Å². The van der Waals surface area contributed by atoms with Gasteiger partial charge in [0, 0.05) is 50.0 Å². The zero-order chi connectivity index (χ0) is 58.7. The van der Waals surface area contributed by atoms with Crippen LogP contribution >= 0.6 is 23.2 Å². The number of amides is 5. The molecule has 1 N–H and O–H groups in total. The van der Waals surface area contributed by atoms with Crippen molar-refractivity contribution in [1.82, 2.24) is 14.7 Å². The molecule has 4 atom stereocenters. The highest BCUT2D eigenvalue weighted by molar-refractivity contribution is 6.34. The van der Waals surface area contributed by atoms with Crippen molar-refractivity contribution in [3.63, 3.8) is 0 Å². The van der Waals surface area contributed by atoms with Gasteiger partial charge in [0.25, 0.3) is 5.91 Å². The molecular formula is C67H75Cl2N5O7. The number of hydrogen-bond acceptors (Lipinski definition) is 7. The highest BCUT2D eigenvalue weighted by Crippen LogP contribution is 2.57. The largest absolute Gasteiger partial charge is 0.444 e. The van der Waals surface area contributed by atoms with E-state index in [1.165, 1.54) is 4.90 Å². The third-order valence-electron chi connectivity index (χ3n) is 16.2. The Balaban J connectivity index is 0.000000196. The van der Waals surface area contributed by atoms with Crippen LogP contribution in [0.4, 0.5) is 27.5 Å². The van der Waals surface area contributed by atoms with E-state index < -0.39 is 16.4 Å². The molecule has 0 bridgehead atoms. The number of nitrogens with zero attached hydrogens (tertiary/aromatic N) is 5. The summed E-state index contributed by atoms with van der Waals surface area (Å²) in [5, 5.41) is 10.4. The number of hydrogen-bond donors (Lipinski definition) is 1. The van der Waals surface area contributed by atoms with E-state index in [0.717, 1.165) is 56.1 Å². The first-order valence-corrected chi connectivity index (χ1v) is 28.8. The van der Waals surface area contributed by atoms with Gasteiger partial charge in [-0.15, -0.1) is 0 Å². The summed E-state index contributed by atoms with van der Waals surface area (Å²) in [4.78, 5) is 77.7. The number of likely N-dealkylation sites (tertiary alicyclic amines) is 2. The minimum atomic E-state index is -0.871. The van der Waals surface area contributed by atoms with Crippen LogP contribution in [0.25, 0.3) is 22.3 Å². The van der Waals surface area contributed by atoms with Gasteiger partial charge < -0.3 is 24.5 Å². The lowest BCUT2D eigenvalue weighted by molar-refractivity contribution is -0.136. The number of ether oxygens (including phenoxy) is 1. The molecule has 4 aliphatic rings. The molecule has 4 aliphatic heterocycles. The van der Waals surface area contributed by atoms with Gasteiger partial charge in [0.2, 0.25) is 17.7 Å². The fourth-order valence-corrected chi connectivity index (χ4v) is 13.5. The maximum Gasteiger partial charge on any atom is 0.410 e. The molecule has 2 saturated heterocycles. The van der Waals surface area contributed by atoms with Crippen LogP contribution in [-0.2, 0) is 36.6 Å². The van der Waals surface area contributed by atoms with Crippen LogP contribution in [0.5, 0.6) is 0 Å². The summed E-state index contributed by atoms with van der Waals surface area (Å²) < 4.78 is 5.77. The molecule has 0 aromatic heterocycles. The van der Waals surface area contributed by atoms with E-state index in [1.807, 2.05) is 146 Å². The van der Waals surface area contributed by atoms with Crippen molar-refractivity contribution in [2.75, 3.05) is 37.0 Å². The average Bonchev–Trinajstić information content (AvgIpc) is 2.37. The second kappa shape index (κ2) is 22.4. The molecule has 14 heteroatoms. The minimum absolute atomic E-state index is 0.00979. The summed E-state index contributed by atoms with van der Waals surface area (Å²) in [6.07, 6.45) is 1.18. The summed E-state index contributed by atoms with van der Waals surface area (Å²) in [6, 6.07) is 42.0. The van der Waals surface area contributed by atoms with Crippen LogP contribution < -0.4 is 9.80 Å². The van der Waals surface area contributed by atoms with Gasteiger partial charge in [-0.2, -0.15) is 0 Å². The van der Waals surface area contributed by atoms with Crippen LogP contribution in [0.2, 0.25) is 10.0 Å². The van der Waals surface area contributed by atoms with E-state index in [0.29, 0.717) is 53.5 Å². The zero-order valence-electron chi connectivity index (χ0n) is 48.6. The average molecular weight is 1130 g/mol. The van der Waals surface area contributed by atoms with Crippen LogP contribution in [-0.4, -0.2) is 94.4 Å². The quantitative estimate of drug-likeness (QED) is 0.153. The number of carbonyl (C=O) groups is 5. The van der Waals surface area contributed by atoms with Crippen molar-refractivity contribution < 1.29 is 33.8 Å². The van der Waals surface area contributed by atoms with Crippen LogP contribution in [0.3, 0.4) is 0 Å². The highest BCUT2D eigenvalue weighted by Gasteiger charge is 2.64. The molecule has 6 aromatic carbocycles. The van der Waals surface area contributed by atoms with Crippen molar-refractivity contribution in [3.05, 3.63) is 166 Å². The van der Waals surface area contributed by atoms with E-state index in [-0.39, 0.29) is 65.7 Å². The van der Waals surface area contributed by atoms with Crippen molar-refractivity contribution >= 4 is 75.7 Å². The third-order valence-corrected chi connectivity index (χ3v) is 16.9. The second-order valence-electron chi connectivity index (χ2n) is 25.1. The molecule has 2 spiro atoms. The summed E-state index contributed by atoms with van der Waals surface area (Å²) in [7, 11) is 3.39. The number of benzene rings is 6. The smallest absolute Gasteiger partial charge is 0.410 e. The normalized spacial score (nSPS) is 20.4. The fraction of sp³-hybridized carbons (Fsp3) is 0.388. The molecular weight excluding hydrogens is 1060 g/mol. The molecule has 4 heterocycles. The minimum Gasteiger partial charge on any atom is -0.444 e. The molecule has 424 valence electrons. The van der Waals surface area contributed by atoms with Gasteiger partial charge in [-0.3, -0.25) is 29.0 Å². The van der Waals surface area contributed by atoms with Crippen molar-refractivity contribution in [1.29, 1.82) is 0 Å². The van der Waals surface area contributed by atoms with Gasteiger partial charge in [0.15, 0.2) is 0 Å². The van der Waals surface area contributed by atoms with Crippen LogP contribution in [0.15, 0.2) is 133 Å². The number of fused-ring (bicyclic) bond motifs is 4. The molecule has 12 nitrogen and oxygen atoms in total. The first-order valence-electron chi connectivity index (χ1n) is 28.0. The number of carbonyl (C=O) groups excluding carboxylic acids is 5. The Labute approximate surface area is 487 Å². The lowest BCUT2D eigenvalue weighted by Gasteiger charge is -2.38. The predicted molar refractivity (Wildman–Crippen MR) is 323 cm³/mol. The Morgan fingerprint density at radius 3 is 1.52 bits per heavy atom. The molecule has 5 amide bonds. The lowest BCUT2D eigenvalue weighted by atomic mass is 9.71. The highest BCUT2D eigenvalue weighted by atomic mass is 35.5.